The highest BCUT2D eigenvalue weighted by molar-refractivity contribution is 4.99. The Bertz CT molecular complexity index is 407. The summed E-state index contributed by atoms with van der Waals surface area (Å²) in [7, 11) is 0. The lowest BCUT2D eigenvalue weighted by Gasteiger charge is -2.12. The molecule has 1 aromatic rings. The number of aryl methyl sites for hydroxylation is 2. The van der Waals surface area contributed by atoms with Gasteiger partial charge in [-0.2, -0.15) is 0 Å². The first-order valence-corrected chi connectivity index (χ1v) is 6.52. The second-order valence-corrected chi connectivity index (χ2v) is 4.90. The zero-order valence-electron chi connectivity index (χ0n) is 10.5. The molecule has 1 fully saturated rings. The molecule has 0 saturated heterocycles. The van der Waals surface area contributed by atoms with Crippen LogP contribution >= 0.6 is 0 Å². The summed E-state index contributed by atoms with van der Waals surface area (Å²) in [6.45, 7) is 3.71. The second kappa shape index (κ2) is 5.96. The van der Waals surface area contributed by atoms with Crippen molar-refractivity contribution in [1.29, 1.82) is 0 Å². The van der Waals surface area contributed by atoms with Crippen LogP contribution in [0.4, 0.5) is 0 Å². The van der Waals surface area contributed by atoms with Gasteiger partial charge in [-0.25, -0.2) is 9.78 Å². The van der Waals surface area contributed by atoms with E-state index in [-0.39, 0.29) is 5.69 Å². The first-order chi connectivity index (χ1) is 8.25. The summed E-state index contributed by atoms with van der Waals surface area (Å²) in [6, 6.07) is 0.711. The third-order valence-corrected chi connectivity index (χ3v) is 3.35. The molecular weight excluding hydrogens is 214 g/mol. The lowest BCUT2D eigenvalue weighted by atomic mass is 10.2. The van der Waals surface area contributed by atoms with Crippen LogP contribution in [0.5, 0.6) is 0 Å². The molecule has 1 heterocycles. The normalized spacial score (nSPS) is 16.5. The van der Waals surface area contributed by atoms with Crippen LogP contribution in [-0.4, -0.2) is 22.1 Å². The minimum atomic E-state index is -0.142. The van der Waals surface area contributed by atoms with Crippen molar-refractivity contribution in [3.8, 4) is 0 Å². The molecule has 0 aromatic carbocycles. The molecule has 1 aliphatic rings. The SMILES string of the molecule is Cc1cnc(=O)n(CCCNC2CCCC2)c1. The highest BCUT2D eigenvalue weighted by Crippen LogP contribution is 2.17. The van der Waals surface area contributed by atoms with E-state index in [1.165, 1.54) is 25.7 Å². The fourth-order valence-electron chi connectivity index (χ4n) is 2.41. The van der Waals surface area contributed by atoms with Crippen molar-refractivity contribution in [2.45, 2.75) is 51.6 Å². The van der Waals surface area contributed by atoms with E-state index >= 15 is 0 Å². The van der Waals surface area contributed by atoms with Crippen LogP contribution in [0.2, 0.25) is 0 Å². The van der Waals surface area contributed by atoms with Crippen molar-refractivity contribution in [2.75, 3.05) is 6.54 Å². The molecule has 0 aliphatic heterocycles. The molecular formula is C13H21N3O. The molecule has 0 amide bonds. The monoisotopic (exact) mass is 235 g/mol. The lowest BCUT2D eigenvalue weighted by Crippen LogP contribution is -2.29. The number of hydrogen-bond acceptors (Lipinski definition) is 3. The van der Waals surface area contributed by atoms with Crippen molar-refractivity contribution in [2.24, 2.45) is 0 Å². The highest BCUT2D eigenvalue weighted by atomic mass is 16.1. The highest BCUT2D eigenvalue weighted by Gasteiger charge is 2.13. The van der Waals surface area contributed by atoms with Crippen LogP contribution in [0.15, 0.2) is 17.2 Å². The first kappa shape index (κ1) is 12.3. The number of nitrogens with one attached hydrogen (secondary N) is 1. The summed E-state index contributed by atoms with van der Waals surface area (Å²) >= 11 is 0. The summed E-state index contributed by atoms with van der Waals surface area (Å²) in [5.74, 6) is 0. The average Bonchev–Trinajstić information content (AvgIpc) is 2.82. The van der Waals surface area contributed by atoms with Gasteiger partial charge in [0.05, 0.1) is 0 Å². The fraction of sp³-hybridized carbons (Fsp3) is 0.692. The van der Waals surface area contributed by atoms with E-state index in [9.17, 15) is 4.79 Å². The maximum absolute atomic E-state index is 11.5. The molecule has 1 N–H and O–H groups in total. The average molecular weight is 235 g/mol. The number of rotatable bonds is 5. The Hall–Kier alpha value is -1.16. The molecule has 4 heteroatoms. The van der Waals surface area contributed by atoms with Crippen molar-refractivity contribution >= 4 is 0 Å². The molecule has 1 saturated carbocycles. The van der Waals surface area contributed by atoms with Crippen molar-refractivity contribution in [1.82, 2.24) is 14.9 Å². The summed E-state index contributed by atoms with van der Waals surface area (Å²) in [6.07, 6.45) is 9.83. The number of aromatic nitrogens is 2. The topological polar surface area (TPSA) is 46.9 Å². The maximum atomic E-state index is 11.5. The summed E-state index contributed by atoms with van der Waals surface area (Å²) in [5.41, 5.74) is 0.893. The van der Waals surface area contributed by atoms with Crippen molar-refractivity contribution in [3.63, 3.8) is 0 Å². The molecule has 2 rings (SSSR count). The van der Waals surface area contributed by atoms with Gasteiger partial charge < -0.3 is 5.32 Å². The first-order valence-electron chi connectivity index (χ1n) is 6.52. The summed E-state index contributed by atoms with van der Waals surface area (Å²) in [4.78, 5) is 15.3. The van der Waals surface area contributed by atoms with E-state index in [1.54, 1.807) is 10.8 Å². The zero-order chi connectivity index (χ0) is 12.1. The van der Waals surface area contributed by atoms with Gasteiger partial charge in [0, 0.05) is 25.0 Å². The van der Waals surface area contributed by atoms with Gasteiger partial charge in [0.1, 0.15) is 0 Å². The minimum absolute atomic E-state index is 0.142. The predicted molar refractivity (Wildman–Crippen MR) is 68.1 cm³/mol. The van der Waals surface area contributed by atoms with Crippen LogP contribution in [0.3, 0.4) is 0 Å². The van der Waals surface area contributed by atoms with Gasteiger partial charge >= 0.3 is 5.69 Å². The molecule has 0 spiro atoms. The van der Waals surface area contributed by atoms with E-state index in [2.05, 4.69) is 10.3 Å². The van der Waals surface area contributed by atoms with E-state index in [1.807, 2.05) is 13.1 Å². The molecule has 4 nitrogen and oxygen atoms in total. The largest absolute Gasteiger partial charge is 0.347 e. The van der Waals surface area contributed by atoms with Gasteiger partial charge in [-0.05, 0) is 38.3 Å². The lowest BCUT2D eigenvalue weighted by molar-refractivity contribution is 0.489. The van der Waals surface area contributed by atoms with Crippen molar-refractivity contribution < 1.29 is 0 Å². The molecule has 0 radical (unpaired) electrons. The van der Waals surface area contributed by atoms with Crippen LogP contribution in [0.1, 0.15) is 37.7 Å². The Labute approximate surface area is 102 Å². The Morgan fingerprint density at radius 2 is 2.24 bits per heavy atom. The van der Waals surface area contributed by atoms with Crippen LogP contribution in [0, 0.1) is 6.92 Å². The van der Waals surface area contributed by atoms with E-state index in [0.717, 1.165) is 25.1 Å². The van der Waals surface area contributed by atoms with Gasteiger partial charge in [0.25, 0.3) is 0 Å². The van der Waals surface area contributed by atoms with Crippen LogP contribution in [-0.2, 0) is 6.54 Å². The zero-order valence-corrected chi connectivity index (χ0v) is 10.5. The minimum Gasteiger partial charge on any atom is -0.314 e. The molecule has 17 heavy (non-hydrogen) atoms. The fourth-order valence-corrected chi connectivity index (χ4v) is 2.41. The van der Waals surface area contributed by atoms with E-state index < -0.39 is 0 Å². The van der Waals surface area contributed by atoms with Crippen molar-refractivity contribution in [3.05, 3.63) is 28.4 Å². The summed E-state index contributed by atoms with van der Waals surface area (Å²) in [5, 5.41) is 3.55. The smallest absolute Gasteiger partial charge is 0.314 e. The van der Waals surface area contributed by atoms with Gasteiger partial charge in [-0.1, -0.05) is 12.8 Å². The number of hydrogen-bond donors (Lipinski definition) is 1. The van der Waals surface area contributed by atoms with Gasteiger partial charge in [0.2, 0.25) is 0 Å². The Morgan fingerprint density at radius 3 is 3.00 bits per heavy atom. The maximum Gasteiger partial charge on any atom is 0.347 e. The van der Waals surface area contributed by atoms with Gasteiger partial charge in [-0.3, -0.25) is 4.57 Å². The van der Waals surface area contributed by atoms with Crippen LogP contribution in [0.25, 0.3) is 0 Å². The Kier molecular flexibility index (Phi) is 4.31. The molecule has 94 valence electrons. The molecule has 0 unspecified atom stereocenters. The quantitative estimate of drug-likeness (QED) is 0.786. The standard InChI is InChI=1S/C13H21N3O/c1-11-9-15-13(17)16(10-11)8-4-7-14-12-5-2-3-6-12/h9-10,12,14H,2-8H2,1H3. The molecule has 0 atom stereocenters. The Balaban J connectivity index is 1.74. The number of nitrogens with zero attached hydrogens (tertiary/aromatic N) is 2. The third kappa shape index (κ3) is 3.66. The van der Waals surface area contributed by atoms with Gasteiger partial charge in [-0.15, -0.1) is 0 Å². The third-order valence-electron chi connectivity index (χ3n) is 3.35. The Morgan fingerprint density at radius 1 is 1.47 bits per heavy atom. The molecule has 0 bridgehead atoms. The van der Waals surface area contributed by atoms with Gasteiger partial charge in [0.15, 0.2) is 0 Å². The summed E-state index contributed by atoms with van der Waals surface area (Å²) < 4.78 is 1.70. The van der Waals surface area contributed by atoms with Crippen LogP contribution < -0.4 is 11.0 Å². The second-order valence-electron chi connectivity index (χ2n) is 4.90. The van der Waals surface area contributed by atoms with E-state index in [0.29, 0.717) is 6.04 Å². The van der Waals surface area contributed by atoms with E-state index in [4.69, 9.17) is 0 Å². The molecule has 1 aliphatic carbocycles. The predicted octanol–water partition coefficient (Wildman–Crippen LogP) is 1.47. The molecule has 1 aromatic heterocycles.